The van der Waals surface area contributed by atoms with Crippen LogP contribution in [0.3, 0.4) is 0 Å². The molecule has 20 heavy (non-hydrogen) atoms. The van der Waals surface area contributed by atoms with Crippen LogP contribution in [-0.2, 0) is 6.61 Å². The summed E-state index contributed by atoms with van der Waals surface area (Å²) in [6.07, 6.45) is 0. The molecule has 0 aliphatic carbocycles. The van der Waals surface area contributed by atoms with Crippen LogP contribution in [0.1, 0.15) is 16.7 Å². The largest absolute Gasteiger partial charge is 0.489 e. The van der Waals surface area contributed by atoms with Crippen molar-refractivity contribution in [3.05, 3.63) is 64.2 Å². The van der Waals surface area contributed by atoms with E-state index in [2.05, 4.69) is 5.16 Å². The maximum Gasteiger partial charge on any atom is 0.170 e. The molecule has 0 aliphatic rings. The SMILES string of the molecule is Cc1cc(Cl)ccc1OCc1ccccc1/C(N)=N/O. The van der Waals surface area contributed by atoms with E-state index in [0.717, 1.165) is 16.9 Å². The van der Waals surface area contributed by atoms with Gasteiger partial charge < -0.3 is 15.7 Å². The normalized spacial score (nSPS) is 11.4. The molecule has 0 atom stereocenters. The molecule has 3 N–H and O–H groups in total. The van der Waals surface area contributed by atoms with Gasteiger partial charge in [-0.2, -0.15) is 0 Å². The predicted molar refractivity (Wildman–Crippen MR) is 79.5 cm³/mol. The fraction of sp³-hybridized carbons (Fsp3) is 0.133. The Morgan fingerprint density at radius 2 is 2.05 bits per heavy atom. The highest BCUT2D eigenvalue weighted by molar-refractivity contribution is 6.30. The highest BCUT2D eigenvalue weighted by Crippen LogP contribution is 2.23. The summed E-state index contributed by atoms with van der Waals surface area (Å²) in [6.45, 7) is 2.26. The minimum absolute atomic E-state index is 0.0667. The number of nitrogens with two attached hydrogens (primary N) is 1. The highest BCUT2D eigenvalue weighted by atomic mass is 35.5. The highest BCUT2D eigenvalue weighted by Gasteiger charge is 2.08. The minimum Gasteiger partial charge on any atom is -0.489 e. The lowest BCUT2D eigenvalue weighted by Crippen LogP contribution is -2.16. The third kappa shape index (κ3) is 3.22. The molecule has 2 aromatic carbocycles. The standard InChI is InChI=1S/C15H15ClN2O2/c1-10-8-12(16)6-7-14(10)20-9-11-4-2-3-5-13(11)15(17)18-19/h2-8,19H,9H2,1H3,(H2,17,18). The van der Waals surface area contributed by atoms with Gasteiger partial charge in [-0.05, 0) is 30.7 Å². The van der Waals surface area contributed by atoms with E-state index >= 15 is 0 Å². The Kier molecular flexibility index (Phi) is 4.48. The summed E-state index contributed by atoms with van der Waals surface area (Å²) in [5.74, 6) is 0.820. The summed E-state index contributed by atoms with van der Waals surface area (Å²) in [4.78, 5) is 0. The van der Waals surface area contributed by atoms with Gasteiger partial charge in [0, 0.05) is 16.1 Å². The van der Waals surface area contributed by atoms with Crippen LogP contribution in [0.25, 0.3) is 0 Å². The first-order valence-electron chi connectivity index (χ1n) is 6.06. The average molecular weight is 291 g/mol. The van der Waals surface area contributed by atoms with Crippen LogP contribution in [0.5, 0.6) is 5.75 Å². The van der Waals surface area contributed by atoms with Crippen LogP contribution in [0.15, 0.2) is 47.6 Å². The lowest BCUT2D eigenvalue weighted by atomic mass is 10.1. The van der Waals surface area contributed by atoms with Crippen molar-refractivity contribution in [3.8, 4) is 5.75 Å². The molecule has 0 aromatic heterocycles. The second kappa shape index (κ2) is 6.30. The van der Waals surface area contributed by atoms with Crippen LogP contribution in [0.4, 0.5) is 0 Å². The predicted octanol–water partition coefficient (Wildman–Crippen LogP) is 3.32. The average Bonchev–Trinajstić information content (AvgIpc) is 2.46. The summed E-state index contributed by atoms with van der Waals surface area (Å²) in [7, 11) is 0. The van der Waals surface area contributed by atoms with Gasteiger partial charge in [-0.15, -0.1) is 0 Å². The van der Waals surface area contributed by atoms with Gasteiger partial charge in [0.05, 0.1) is 0 Å². The molecule has 0 heterocycles. The first-order valence-corrected chi connectivity index (χ1v) is 6.44. The van der Waals surface area contributed by atoms with Gasteiger partial charge in [0.1, 0.15) is 12.4 Å². The third-order valence-electron chi connectivity index (χ3n) is 2.92. The molecule has 2 aromatic rings. The molecule has 0 saturated heterocycles. The third-order valence-corrected chi connectivity index (χ3v) is 3.16. The number of rotatable bonds is 4. The second-order valence-corrected chi connectivity index (χ2v) is 4.78. The Hall–Kier alpha value is -2.20. The van der Waals surface area contributed by atoms with E-state index in [1.165, 1.54) is 0 Å². The lowest BCUT2D eigenvalue weighted by molar-refractivity contribution is 0.303. The van der Waals surface area contributed by atoms with E-state index in [1.807, 2.05) is 37.3 Å². The fourth-order valence-corrected chi connectivity index (χ4v) is 2.11. The molecule has 0 aliphatic heterocycles. The Balaban J connectivity index is 2.19. The Morgan fingerprint density at radius 3 is 2.75 bits per heavy atom. The number of ether oxygens (including phenoxy) is 1. The zero-order chi connectivity index (χ0) is 14.5. The zero-order valence-corrected chi connectivity index (χ0v) is 11.8. The molecule has 4 nitrogen and oxygen atoms in total. The van der Waals surface area contributed by atoms with Gasteiger partial charge >= 0.3 is 0 Å². The van der Waals surface area contributed by atoms with E-state index in [9.17, 15) is 0 Å². The van der Waals surface area contributed by atoms with Gasteiger partial charge in [0.25, 0.3) is 0 Å². The Morgan fingerprint density at radius 1 is 1.30 bits per heavy atom. The van der Waals surface area contributed by atoms with Gasteiger partial charge in [0.15, 0.2) is 5.84 Å². The molecule has 0 bridgehead atoms. The number of nitrogens with zero attached hydrogens (tertiary/aromatic N) is 1. The van der Waals surface area contributed by atoms with E-state index in [0.29, 0.717) is 17.2 Å². The number of benzene rings is 2. The summed E-state index contributed by atoms with van der Waals surface area (Å²) in [5.41, 5.74) is 8.10. The summed E-state index contributed by atoms with van der Waals surface area (Å²) < 4.78 is 5.76. The summed E-state index contributed by atoms with van der Waals surface area (Å²) in [6, 6.07) is 12.8. The van der Waals surface area contributed by atoms with Crippen LogP contribution in [-0.4, -0.2) is 11.0 Å². The van der Waals surface area contributed by atoms with Crippen LogP contribution >= 0.6 is 11.6 Å². The maximum absolute atomic E-state index is 8.78. The van der Waals surface area contributed by atoms with E-state index < -0.39 is 0 Å². The molecule has 0 fully saturated rings. The molecule has 2 rings (SSSR count). The van der Waals surface area contributed by atoms with Gasteiger partial charge in [-0.3, -0.25) is 0 Å². The number of amidine groups is 1. The van der Waals surface area contributed by atoms with Crippen molar-refractivity contribution in [2.75, 3.05) is 0 Å². The second-order valence-electron chi connectivity index (χ2n) is 4.34. The molecule has 0 amide bonds. The van der Waals surface area contributed by atoms with E-state index in [1.54, 1.807) is 12.1 Å². The number of hydrogen-bond donors (Lipinski definition) is 2. The first-order chi connectivity index (χ1) is 9.61. The van der Waals surface area contributed by atoms with Crippen LogP contribution < -0.4 is 10.5 Å². The van der Waals surface area contributed by atoms with Gasteiger partial charge in [-0.1, -0.05) is 41.0 Å². The topological polar surface area (TPSA) is 67.8 Å². The van der Waals surface area contributed by atoms with Crippen molar-refractivity contribution in [2.24, 2.45) is 10.9 Å². The first kappa shape index (κ1) is 14.2. The quantitative estimate of drug-likeness (QED) is 0.393. The molecule has 0 radical (unpaired) electrons. The maximum atomic E-state index is 8.78. The number of oxime groups is 1. The molecule has 5 heteroatoms. The van der Waals surface area contributed by atoms with Crippen molar-refractivity contribution >= 4 is 17.4 Å². The zero-order valence-electron chi connectivity index (χ0n) is 11.0. The monoisotopic (exact) mass is 290 g/mol. The van der Waals surface area contributed by atoms with Crippen LogP contribution in [0, 0.1) is 6.92 Å². The van der Waals surface area contributed by atoms with Crippen molar-refractivity contribution in [1.29, 1.82) is 0 Å². The van der Waals surface area contributed by atoms with Gasteiger partial charge in [0.2, 0.25) is 0 Å². The molecule has 0 spiro atoms. The van der Waals surface area contributed by atoms with Crippen LogP contribution in [0.2, 0.25) is 5.02 Å². The Bertz CT molecular complexity index is 642. The summed E-state index contributed by atoms with van der Waals surface area (Å²) >= 11 is 5.90. The molecule has 0 saturated carbocycles. The molecular weight excluding hydrogens is 276 g/mol. The number of aryl methyl sites for hydroxylation is 1. The van der Waals surface area contributed by atoms with Gasteiger partial charge in [-0.25, -0.2) is 0 Å². The minimum atomic E-state index is 0.0667. The van der Waals surface area contributed by atoms with Crippen molar-refractivity contribution < 1.29 is 9.94 Å². The molecular formula is C15H15ClN2O2. The lowest BCUT2D eigenvalue weighted by Gasteiger charge is -2.12. The number of hydrogen-bond acceptors (Lipinski definition) is 3. The molecule has 104 valence electrons. The van der Waals surface area contributed by atoms with Crippen molar-refractivity contribution in [2.45, 2.75) is 13.5 Å². The smallest absolute Gasteiger partial charge is 0.170 e. The summed E-state index contributed by atoms with van der Waals surface area (Å²) in [5, 5.41) is 12.5. The number of halogens is 1. The van der Waals surface area contributed by atoms with Crippen molar-refractivity contribution in [3.63, 3.8) is 0 Å². The fourth-order valence-electron chi connectivity index (χ4n) is 1.88. The van der Waals surface area contributed by atoms with E-state index in [4.69, 9.17) is 27.3 Å². The van der Waals surface area contributed by atoms with Crippen molar-refractivity contribution in [1.82, 2.24) is 0 Å². The molecule has 0 unspecified atom stereocenters. The van der Waals surface area contributed by atoms with E-state index in [-0.39, 0.29) is 5.84 Å². The Labute approximate surface area is 122 Å².